The van der Waals surface area contributed by atoms with E-state index in [1.54, 1.807) is 18.2 Å². The van der Waals surface area contributed by atoms with E-state index in [4.69, 9.17) is 5.11 Å². The van der Waals surface area contributed by atoms with Crippen LogP contribution in [-0.4, -0.2) is 40.4 Å². The fraction of sp³-hybridized carbons (Fsp3) is 0.125. The van der Waals surface area contributed by atoms with Gasteiger partial charge < -0.3 is 5.11 Å². The zero-order valence-electron chi connectivity index (χ0n) is 5.66. The van der Waals surface area contributed by atoms with Gasteiger partial charge in [0.05, 0.1) is 5.56 Å². The Kier molecular flexibility index (Phi) is 4.42. The first-order chi connectivity index (χ1) is 4.72. The van der Waals surface area contributed by atoms with Crippen molar-refractivity contribution in [1.82, 2.24) is 0 Å². The maximum atomic E-state index is 10.7. The van der Waals surface area contributed by atoms with Crippen LogP contribution in [0.5, 0.6) is 5.75 Å². The topological polar surface area (TPSA) is 37.3 Å². The summed E-state index contributed by atoms with van der Waals surface area (Å²) in [5.74, 6) is -0.0619. The molecule has 1 rings (SSSR count). The molecule has 0 unspecified atom stereocenters. The number of rotatable bonds is 1. The summed E-state index contributed by atoms with van der Waals surface area (Å²) in [6.45, 7) is 1.43. The van der Waals surface area contributed by atoms with Gasteiger partial charge in [-0.3, -0.25) is 4.79 Å². The predicted molar refractivity (Wildman–Crippen MR) is 45.3 cm³/mol. The molecule has 54 valence electrons. The van der Waals surface area contributed by atoms with Crippen molar-refractivity contribution in [3.63, 3.8) is 0 Å². The van der Waals surface area contributed by atoms with E-state index in [1.165, 1.54) is 13.0 Å². The van der Waals surface area contributed by atoms with Gasteiger partial charge in [0.25, 0.3) is 0 Å². The van der Waals surface area contributed by atoms with Crippen molar-refractivity contribution in [3.05, 3.63) is 29.8 Å². The van der Waals surface area contributed by atoms with Gasteiger partial charge in [-0.25, -0.2) is 0 Å². The molecule has 0 heterocycles. The number of phenolic OH excluding ortho intramolecular Hbond substituents is 1. The minimum atomic E-state index is -0.113. The second-order valence-electron chi connectivity index (χ2n) is 2.07. The molecule has 1 N–H and O–H groups in total. The van der Waals surface area contributed by atoms with Crippen molar-refractivity contribution >= 4 is 35.3 Å². The second kappa shape index (κ2) is 4.54. The summed E-state index contributed by atoms with van der Waals surface area (Å²) in [5.41, 5.74) is 0.377. The summed E-state index contributed by atoms with van der Waals surface area (Å²) in [7, 11) is 0. The molecule has 1 aromatic rings. The first-order valence-electron chi connectivity index (χ1n) is 3.01. The van der Waals surface area contributed by atoms with E-state index in [2.05, 4.69) is 0 Å². The monoisotopic (exact) mass is 160 g/mol. The normalized spacial score (nSPS) is 8.45. The summed E-state index contributed by atoms with van der Waals surface area (Å²) < 4.78 is 0. The Morgan fingerprint density at radius 3 is 2.27 bits per heavy atom. The van der Waals surface area contributed by atoms with E-state index in [-0.39, 0.29) is 41.1 Å². The third kappa shape index (κ3) is 2.66. The van der Waals surface area contributed by atoms with Gasteiger partial charge in [0.2, 0.25) is 0 Å². The number of para-hydroxylation sites is 1. The molecule has 0 amide bonds. The van der Waals surface area contributed by atoms with Crippen molar-refractivity contribution in [2.24, 2.45) is 0 Å². The Morgan fingerprint density at radius 2 is 1.91 bits per heavy atom. The van der Waals surface area contributed by atoms with E-state index >= 15 is 0 Å². The Hall–Kier alpha value is -0.310. The number of benzene rings is 1. The standard InChI is InChI=1S/C8H8O2.Na.H/c1-6(9)7-4-2-3-5-8(7)10;;/h2-5,10H,1H3;;. The van der Waals surface area contributed by atoms with Crippen molar-refractivity contribution < 1.29 is 9.90 Å². The molecule has 0 aliphatic rings. The second-order valence-corrected chi connectivity index (χ2v) is 2.07. The Labute approximate surface area is 87.5 Å². The van der Waals surface area contributed by atoms with Gasteiger partial charge in [0.15, 0.2) is 5.78 Å². The van der Waals surface area contributed by atoms with E-state index in [9.17, 15) is 4.79 Å². The quantitative estimate of drug-likeness (QED) is 0.490. The van der Waals surface area contributed by atoms with Crippen molar-refractivity contribution in [2.45, 2.75) is 6.92 Å². The van der Waals surface area contributed by atoms with Crippen molar-refractivity contribution in [3.8, 4) is 5.75 Å². The average Bonchev–Trinajstić information content (AvgIpc) is 1.88. The number of carbonyl (C=O) groups is 1. The van der Waals surface area contributed by atoms with Gasteiger partial charge in [0, 0.05) is 0 Å². The van der Waals surface area contributed by atoms with Crippen LogP contribution in [-0.2, 0) is 0 Å². The molecule has 3 heteroatoms. The summed E-state index contributed by atoms with van der Waals surface area (Å²) in [6, 6.07) is 6.49. The molecule has 11 heavy (non-hydrogen) atoms. The van der Waals surface area contributed by atoms with Crippen LogP contribution in [0.15, 0.2) is 24.3 Å². The molecular weight excluding hydrogens is 151 g/mol. The van der Waals surface area contributed by atoms with Crippen LogP contribution >= 0.6 is 0 Å². The number of phenols is 1. The third-order valence-corrected chi connectivity index (χ3v) is 1.28. The summed E-state index contributed by atoms with van der Waals surface area (Å²) in [5, 5.41) is 9.06. The van der Waals surface area contributed by atoms with E-state index in [0.717, 1.165) is 0 Å². The van der Waals surface area contributed by atoms with Gasteiger partial charge in [0.1, 0.15) is 5.75 Å². The number of Topliss-reactive ketones (excluding diaryl/α,β-unsaturated/α-hetero) is 1. The van der Waals surface area contributed by atoms with Gasteiger partial charge in [-0.1, -0.05) is 12.1 Å². The number of hydrogen-bond donors (Lipinski definition) is 1. The molecule has 0 aliphatic carbocycles. The first-order valence-corrected chi connectivity index (χ1v) is 3.01. The summed E-state index contributed by atoms with van der Waals surface area (Å²) in [4.78, 5) is 10.7. The fourth-order valence-corrected chi connectivity index (χ4v) is 0.771. The molecule has 0 radical (unpaired) electrons. The average molecular weight is 160 g/mol. The molecule has 0 saturated heterocycles. The van der Waals surface area contributed by atoms with Crippen LogP contribution in [0.25, 0.3) is 0 Å². The Balaban J connectivity index is 0.000001000. The van der Waals surface area contributed by atoms with Gasteiger partial charge in [-0.2, -0.15) is 0 Å². The molecule has 0 aliphatic heterocycles. The van der Waals surface area contributed by atoms with Crippen LogP contribution in [0, 0.1) is 0 Å². The predicted octanol–water partition coefficient (Wildman–Crippen LogP) is 0.946. The van der Waals surface area contributed by atoms with Crippen LogP contribution in [0.1, 0.15) is 17.3 Å². The molecule has 0 saturated carbocycles. The minimum absolute atomic E-state index is 0. The molecule has 1 aromatic carbocycles. The fourth-order valence-electron chi connectivity index (χ4n) is 0.771. The Bertz CT molecular complexity index is 258. The zero-order valence-corrected chi connectivity index (χ0v) is 5.66. The van der Waals surface area contributed by atoms with Crippen molar-refractivity contribution in [2.75, 3.05) is 0 Å². The maximum absolute atomic E-state index is 10.7. The van der Waals surface area contributed by atoms with E-state index in [0.29, 0.717) is 5.56 Å². The summed E-state index contributed by atoms with van der Waals surface area (Å²) in [6.07, 6.45) is 0. The molecule has 0 aromatic heterocycles. The van der Waals surface area contributed by atoms with Crippen LogP contribution in [0.4, 0.5) is 0 Å². The van der Waals surface area contributed by atoms with E-state index < -0.39 is 0 Å². The molecular formula is C8H9NaO2. The molecule has 0 fully saturated rings. The molecule has 0 atom stereocenters. The molecule has 0 spiro atoms. The number of carbonyl (C=O) groups excluding carboxylic acids is 1. The van der Waals surface area contributed by atoms with Crippen LogP contribution < -0.4 is 0 Å². The Morgan fingerprint density at radius 1 is 1.36 bits per heavy atom. The van der Waals surface area contributed by atoms with Crippen LogP contribution in [0.3, 0.4) is 0 Å². The first kappa shape index (κ1) is 10.7. The third-order valence-electron chi connectivity index (χ3n) is 1.28. The van der Waals surface area contributed by atoms with Gasteiger partial charge in [-0.15, -0.1) is 0 Å². The number of ketones is 1. The van der Waals surface area contributed by atoms with Crippen molar-refractivity contribution in [1.29, 1.82) is 0 Å². The zero-order chi connectivity index (χ0) is 7.56. The van der Waals surface area contributed by atoms with E-state index in [1.807, 2.05) is 0 Å². The van der Waals surface area contributed by atoms with Gasteiger partial charge >= 0.3 is 29.6 Å². The summed E-state index contributed by atoms with van der Waals surface area (Å²) >= 11 is 0. The molecule has 2 nitrogen and oxygen atoms in total. The number of aromatic hydroxyl groups is 1. The van der Waals surface area contributed by atoms with Gasteiger partial charge in [-0.05, 0) is 19.1 Å². The molecule has 0 bridgehead atoms. The van der Waals surface area contributed by atoms with Crippen LogP contribution in [0.2, 0.25) is 0 Å². The number of hydrogen-bond acceptors (Lipinski definition) is 2. The SMILES string of the molecule is CC(=O)c1ccccc1O.[NaH].